The second kappa shape index (κ2) is 13.3. The maximum absolute atomic E-state index is 12.1. The SMILES string of the molecule is CCNC(=NCC(c1ccccc1)N(CC)CC)NCCNC(=O)c1cccnc1. The highest BCUT2D eigenvalue weighted by molar-refractivity contribution is 5.93. The van der Waals surface area contributed by atoms with Crippen molar-refractivity contribution in [3.05, 3.63) is 66.0 Å². The summed E-state index contributed by atoms with van der Waals surface area (Å²) in [5.74, 6) is 0.624. The van der Waals surface area contributed by atoms with Crippen LogP contribution in [0.2, 0.25) is 0 Å². The van der Waals surface area contributed by atoms with Crippen LogP contribution in [0.3, 0.4) is 0 Å². The third-order valence-corrected chi connectivity index (χ3v) is 4.83. The normalized spacial score (nSPS) is 12.5. The van der Waals surface area contributed by atoms with Gasteiger partial charge in [0, 0.05) is 32.0 Å². The summed E-state index contributed by atoms with van der Waals surface area (Å²) in [5, 5.41) is 9.47. The molecule has 0 aliphatic carbocycles. The molecule has 0 radical (unpaired) electrons. The molecule has 0 saturated heterocycles. The minimum absolute atomic E-state index is 0.127. The molecule has 0 aliphatic rings. The molecule has 0 spiro atoms. The predicted octanol–water partition coefficient (Wildman–Crippen LogP) is 2.45. The molecular formula is C23H34N6O. The van der Waals surface area contributed by atoms with Gasteiger partial charge in [-0.3, -0.25) is 19.7 Å². The van der Waals surface area contributed by atoms with Crippen LogP contribution in [-0.2, 0) is 0 Å². The molecule has 1 unspecified atom stereocenters. The van der Waals surface area contributed by atoms with E-state index in [1.807, 2.05) is 13.0 Å². The van der Waals surface area contributed by atoms with E-state index in [9.17, 15) is 4.79 Å². The van der Waals surface area contributed by atoms with Gasteiger partial charge in [-0.15, -0.1) is 0 Å². The van der Waals surface area contributed by atoms with Crippen molar-refractivity contribution in [2.75, 3.05) is 39.3 Å². The van der Waals surface area contributed by atoms with Crippen LogP contribution >= 0.6 is 0 Å². The Morgan fingerprint density at radius 1 is 1.00 bits per heavy atom. The zero-order chi connectivity index (χ0) is 21.6. The fourth-order valence-electron chi connectivity index (χ4n) is 3.25. The van der Waals surface area contributed by atoms with Crippen LogP contribution in [0.15, 0.2) is 59.9 Å². The van der Waals surface area contributed by atoms with Gasteiger partial charge in [-0.2, -0.15) is 0 Å². The zero-order valence-electron chi connectivity index (χ0n) is 18.3. The molecule has 2 rings (SSSR count). The van der Waals surface area contributed by atoms with Crippen molar-refractivity contribution in [1.29, 1.82) is 0 Å². The van der Waals surface area contributed by atoms with E-state index in [0.29, 0.717) is 25.2 Å². The van der Waals surface area contributed by atoms with Gasteiger partial charge in [0.05, 0.1) is 18.2 Å². The van der Waals surface area contributed by atoms with E-state index in [1.165, 1.54) is 5.56 Å². The third kappa shape index (κ3) is 7.48. The molecule has 1 aromatic carbocycles. The van der Waals surface area contributed by atoms with Crippen LogP contribution in [0.4, 0.5) is 0 Å². The number of hydrogen-bond acceptors (Lipinski definition) is 4. The lowest BCUT2D eigenvalue weighted by atomic mass is 10.1. The van der Waals surface area contributed by atoms with Crippen molar-refractivity contribution in [3.8, 4) is 0 Å². The average Bonchev–Trinajstić information content (AvgIpc) is 2.80. The molecule has 2 aromatic rings. The Labute approximate surface area is 180 Å². The first kappa shape index (κ1) is 23.3. The molecule has 7 nitrogen and oxygen atoms in total. The van der Waals surface area contributed by atoms with Gasteiger partial charge in [-0.1, -0.05) is 44.2 Å². The van der Waals surface area contributed by atoms with E-state index in [0.717, 1.165) is 25.6 Å². The fourth-order valence-corrected chi connectivity index (χ4v) is 3.25. The maximum atomic E-state index is 12.1. The summed E-state index contributed by atoms with van der Waals surface area (Å²) in [6.07, 6.45) is 3.21. The number of carbonyl (C=O) groups excluding carboxylic acids is 1. The predicted molar refractivity (Wildman–Crippen MR) is 123 cm³/mol. The molecule has 1 heterocycles. The second-order valence-corrected chi connectivity index (χ2v) is 6.79. The number of rotatable bonds is 11. The van der Waals surface area contributed by atoms with Gasteiger partial charge < -0.3 is 16.0 Å². The molecule has 0 fully saturated rings. The van der Waals surface area contributed by atoms with Crippen molar-refractivity contribution in [3.63, 3.8) is 0 Å². The highest BCUT2D eigenvalue weighted by Crippen LogP contribution is 2.20. The Hall–Kier alpha value is -2.93. The van der Waals surface area contributed by atoms with Crippen LogP contribution in [-0.4, -0.2) is 61.0 Å². The number of likely N-dealkylation sites (N-methyl/N-ethyl adjacent to an activating group) is 1. The number of aromatic nitrogens is 1. The Morgan fingerprint density at radius 3 is 2.37 bits per heavy atom. The topological polar surface area (TPSA) is 81.7 Å². The summed E-state index contributed by atoms with van der Waals surface area (Å²) in [7, 11) is 0. The van der Waals surface area contributed by atoms with E-state index in [2.05, 4.69) is 63.9 Å². The van der Waals surface area contributed by atoms with Gasteiger partial charge >= 0.3 is 0 Å². The number of aliphatic imine (C=N–C) groups is 1. The summed E-state index contributed by atoms with van der Waals surface area (Å²) in [5.41, 5.74) is 1.83. The molecular weight excluding hydrogens is 376 g/mol. The summed E-state index contributed by atoms with van der Waals surface area (Å²) < 4.78 is 0. The summed E-state index contributed by atoms with van der Waals surface area (Å²) in [6.45, 7) is 10.8. The number of guanidine groups is 1. The summed E-state index contributed by atoms with van der Waals surface area (Å²) in [6, 6.07) is 14.2. The number of pyridine rings is 1. The number of carbonyl (C=O) groups is 1. The van der Waals surface area contributed by atoms with E-state index in [1.54, 1.807) is 24.5 Å². The van der Waals surface area contributed by atoms with Crippen molar-refractivity contribution in [2.45, 2.75) is 26.8 Å². The molecule has 1 amide bonds. The average molecular weight is 411 g/mol. The van der Waals surface area contributed by atoms with Crippen molar-refractivity contribution < 1.29 is 4.79 Å². The standard InChI is InChI=1S/C23H34N6O/c1-4-25-23(27-16-15-26-22(30)20-13-10-14-24-17-20)28-18-21(29(5-2)6-3)19-11-8-7-9-12-19/h7-14,17,21H,4-6,15-16,18H2,1-3H3,(H,26,30)(H2,25,27,28). The smallest absolute Gasteiger partial charge is 0.252 e. The number of amides is 1. The maximum Gasteiger partial charge on any atom is 0.252 e. The van der Waals surface area contributed by atoms with E-state index in [-0.39, 0.29) is 11.9 Å². The number of hydrogen-bond donors (Lipinski definition) is 3. The first-order chi connectivity index (χ1) is 14.7. The molecule has 1 atom stereocenters. The van der Waals surface area contributed by atoms with Crippen molar-refractivity contribution >= 4 is 11.9 Å². The molecule has 0 aliphatic heterocycles. The third-order valence-electron chi connectivity index (χ3n) is 4.83. The van der Waals surface area contributed by atoms with Gasteiger partial charge in [0.2, 0.25) is 0 Å². The van der Waals surface area contributed by atoms with E-state index in [4.69, 9.17) is 4.99 Å². The van der Waals surface area contributed by atoms with Crippen LogP contribution in [0.25, 0.3) is 0 Å². The van der Waals surface area contributed by atoms with Gasteiger partial charge in [-0.25, -0.2) is 0 Å². The summed E-state index contributed by atoms with van der Waals surface area (Å²) >= 11 is 0. The Morgan fingerprint density at radius 2 is 1.73 bits per heavy atom. The van der Waals surface area contributed by atoms with Crippen LogP contribution in [0.5, 0.6) is 0 Å². The van der Waals surface area contributed by atoms with Gasteiger partial charge in [0.15, 0.2) is 5.96 Å². The number of nitrogens with zero attached hydrogens (tertiary/aromatic N) is 3. The number of nitrogens with one attached hydrogen (secondary N) is 3. The highest BCUT2D eigenvalue weighted by atomic mass is 16.1. The van der Waals surface area contributed by atoms with Crippen molar-refractivity contribution in [1.82, 2.24) is 25.8 Å². The lowest BCUT2D eigenvalue weighted by Crippen LogP contribution is -2.42. The molecule has 30 heavy (non-hydrogen) atoms. The fraction of sp³-hybridized carbons (Fsp3) is 0.435. The van der Waals surface area contributed by atoms with Crippen LogP contribution in [0.1, 0.15) is 42.7 Å². The largest absolute Gasteiger partial charge is 0.357 e. The minimum Gasteiger partial charge on any atom is -0.357 e. The monoisotopic (exact) mass is 410 g/mol. The van der Waals surface area contributed by atoms with Gasteiger partial charge in [-0.05, 0) is 37.7 Å². The van der Waals surface area contributed by atoms with Gasteiger partial charge in [0.25, 0.3) is 5.91 Å². The zero-order valence-corrected chi connectivity index (χ0v) is 18.3. The number of benzene rings is 1. The quantitative estimate of drug-likeness (QED) is 0.301. The first-order valence-electron chi connectivity index (χ1n) is 10.7. The minimum atomic E-state index is -0.127. The van der Waals surface area contributed by atoms with Crippen LogP contribution < -0.4 is 16.0 Å². The highest BCUT2D eigenvalue weighted by Gasteiger charge is 2.17. The van der Waals surface area contributed by atoms with Crippen molar-refractivity contribution in [2.24, 2.45) is 4.99 Å². The first-order valence-corrected chi connectivity index (χ1v) is 10.7. The van der Waals surface area contributed by atoms with Gasteiger partial charge in [0.1, 0.15) is 0 Å². The molecule has 0 saturated carbocycles. The molecule has 3 N–H and O–H groups in total. The lowest BCUT2D eigenvalue weighted by molar-refractivity contribution is 0.0954. The molecule has 1 aromatic heterocycles. The lowest BCUT2D eigenvalue weighted by Gasteiger charge is -2.29. The molecule has 0 bridgehead atoms. The Bertz CT molecular complexity index is 762. The Balaban J connectivity index is 1.93. The molecule has 7 heteroatoms. The summed E-state index contributed by atoms with van der Waals surface area (Å²) in [4.78, 5) is 23.3. The molecule has 162 valence electrons. The van der Waals surface area contributed by atoms with E-state index >= 15 is 0 Å². The van der Waals surface area contributed by atoms with E-state index < -0.39 is 0 Å². The second-order valence-electron chi connectivity index (χ2n) is 6.79. The Kier molecular flexibility index (Phi) is 10.4. The van der Waals surface area contributed by atoms with Crippen LogP contribution in [0, 0.1) is 0 Å².